The van der Waals surface area contributed by atoms with Gasteiger partial charge in [0.2, 0.25) is 0 Å². The highest BCUT2D eigenvalue weighted by Crippen LogP contribution is 2.46. The average Bonchev–Trinajstić information content (AvgIpc) is 3.32. The van der Waals surface area contributed by atoms with Crippen molar-refractivity contribution in [3.63, 3.8) is 0 Å². The van der Waals surface area contributed by atoms with Crippen molar-refractivity contribution in [1.82, 2.24) is 25.2 Å². The highest BCUT2D eigenvalue weighted by atomic mass is 35.5. The number of piperazine rings is 1. The molecule has 0 aliphatic carbocycles. The van der Waals surface area contributed by atoms with Gasteiger partial charge in [-0.3, -0.25) is 4.90 Å². The lowest BCUT2D eigenvalue weighted by Gasteiger charge is -2.37. The number of rotatable bonds is 3. The largest absolute Gasteiger partial charge is 0.461 e. The van der Waals surface area contributed by atoms with Gasteiger partial charge in [-0.25, -0.2) is 9.37 Å². The van der Waals surface area contributed by atoms with Crippen LogP contribution in [0.25, 0.3) is 10.9 Å². The summed E-state index contributed by atoms with van der Waals surface area (Å²) in [7, 11) is 0. The minimum absolute atomic E-state index is 0.00441. The van der Waals surface area contributed by atoms with E-state index in [1.807, 2.05) is 4.90 Å². The van der Waals surface area contributed by atoms with Crippen LogP contribution < -0.4 is 15.0 Å². The molecule has 4 aliphatic rings. The van der Waals surface area contributed by atoms with Gasteiger partial charge >= 0.3 is 6.01 Å². The molecule has 1 unspecified atom stereocenters. The molecule has 2 aromatic rings. The van der Waals surface area contributed by atoms with Crippen molar-refractivity contribution in [2.45, 2.75) is 49.6 Å². The number of ether oxygens (including phenoxy) is 1. The maximum Gasteiger partial charge on any atom is 0.319 e. The fourth-order valence-electron chi connectivity index (χ4n) is 5.92. The second-order valence-electron chi connectivity index (χ2n) is 9.29. The summed E-state index contributed by atoms with van der Waals surface area (Å²) in [6.45, 7) is 3.94. The summed E-state index contributed by atoms with van der Waals surface area (Å²) in [6, 6.07) is -0.519. The standard InChI is InChI=1S/C21H24ClF3N6O/c22-17-14(23)15-13-16(28-17)21(24,25)9-12-10-26-5-8-31(12)18(13)29-19(27-15)32-11-20-3-1-6-30(20)7-2-4-20/h12,26H,1-11H2. The average molecular weight is 469 g/mol. The molecule has 32 heavy (non-hydrogen) atoms. The van der Waals surface area contributed by atoms with Crippen LogP contribution in [0.3, 0.4) is 0 Å². The molecule has 4 aliphatic heterocycles. The Morgan fingerprint density at radius 2 is 1.91 bits per heavy atom. The van der Waals surface area contributed by atoms with Crippen LogP contribution in [0.4, 0.5) is 19.0 Å². The number of pyridine rings is 1. The number of anilines is 1. The lowest BCUT2D eigenvalue weighted by atomic mass is 9.95. The lowest BCUT2D eigenvalue weighted by molar-refractivity contribution is -0.0225. The zero-order valence-electron chi connectivity index (χ0n) is 17.5. The SMILES string of the molecule is Fc1c(Cl)nc2c3c(nc(OCC45CCCN4CCC5)nc13)N1CCNCC1CC2(F)F. The van der Waals surface area contributed by atoms with Crippen molar-refractivity contribution < 1.29 is 17.9 Å². The Bertz CT molecular complexity index is 1080. The minimum Gasteiger partial charge on any atom is -0.461 e. The molecule has 0 saturated carbocycles. The van der Waals surface area contributed by atoms with Crippen LogP contribution in [0.1, 0.15) is 37.8 Å². The number of alkyl halides is 2. The Balaban J connectivity index is 1.48. The minimum atomic E-state index is -3.29. The number of nitrogens with one attached hydrogen (secondary N) is 1. The first-order valence-corrected chi connectivity index (χ1v) is 11.6. The fourth-order valence-corrected chi connectivity index (χ4v) is 6.09. The molecule has 0 bridgehead atoms. The smallest absolute Gasteiger partial charge is 0.319 e. The van der Waals surface area contributed by atoms with Crippen molar-refractivity contribution in [2.75, 3.05) is 44.2 Å². The topological polar surface area (TPSA) is 66.4 Å². The van der Waals surface area contributed by atoms with Crippen molar-refractivity contribution in [3.8, 4) is 6.01 Å². The van der Waals surface area contributed by atoms with Crippen molar-refractivity contribution >= 4 is 28.3 Å². The third kappa shape index (κ3) is 3.06. The van der Waals surface area contributed by atoms with Gasteiger partial charge in [0.1, 0.15) is 23.6 Å². The van der Waals surface area contributed by atoms with Crippen LogP contribution in [0.2, 0.25) is 5.15 Å². The molecule has 11 heteroatoms. The molecule has 3 saturated heterocycles. The molecule has 2 aromatic heterocycles. The molecular weight excluding hydrogens is 445 g/mol. The molecule has 0 radical (unpaired) electrons. The van der Waals surface area contributed by atoms with Crippen LogP contribution >= 0.6 is 11.6 Å². The first kappa shape index (κ1) is 20.7. The molecule has 1 N–H and O–H groups in total. The summed E-state index contributed by atoms with van der Waals surface area (Å²) in [5, 5.41) is 2.47. The second kappa shape index (κ2) is 7.30. The first-order chi connectivity index (χ1) is 15.4. The van der Waals surface area contributed by atoms with Gasteiger partial charge in [-0.05, 0) is 38.8 Å². The van der Waals surface area contributed by atoms with Crippen LogP contribution in [-0.4, -0.2) is 70.8 Å². The number of hydrogen-bond donors (Lipinski definition) is 1. The molecule has 6 heterocycles. The molecule has 0 aromatic carbocycles. The quantitative estimate of drug-likeness (QED) is 0.694. The van der Waals surface area contributed by atoms with E-state index in [-0.39, 0.29) is 28.3 Å². The zero-order chi connectivity index (χ0) is 22.1. The third-order valence-electron chi connectivity index (χ3n) is 7.45. The lowest BCUT2D eigenvalue weighted by Crippen LogP contribution is -2.52. The van der Waals surface area contributed by atoms with E-state index in [4.69, 9.17) is 16.3 Å². The van der Waals surface area contributed by atoms with E-state index in [1.54, 1.807) is 0 Å². The van der Waals surface area contributed by atoms with Gasteiger partial charge in [0.05, 0.1) is 10.9 Å². The Morgan fingerprint density at radius 1 is 1.12 bits per heavy atom. The Labute approximate surface area is 188 Å². The van der Waals surface area contributed by atoms with Crippen LogP contribution in [0.15, 0.2) is 0 Å². The predicted molar refractivity (Wildman–Crippen MR) is 113 cm³/mol. The fraction of sp³-hybridized carbons (Fsp3) is 0.667. The van der Waals surface area contributed by atoms with E-state index in [2.05, 4.69) is 25.2 Å². The van der Waals surface area contributed by atoms with Gasteiger partial charge in [0, 0.05) is 32.1 Å². The second-order valence-corrected chi connectivity index (χ2v) is 9.64. The summed E-state index contributed by atoms with van der Waals surface area (Å²) in [5.41, 5.74) is -0.867. The van der Waals surface area contributed by atoms with E-state index >= 15 is 13.2 Å². The normalized spacial score (nSPS) is 26.1. The molecule has 7 nitrogen and oxygen atoms in total. The Morgan fingerprint density at radius 3 is 2.69 bits per heavy atom. The summed E-state index contributed by atoms with van der Waals surface area (Å²) in [6.07, 6.45) is 3.84. The van der Waals surface area contributed by atoms with Gasteiger partial charge in [-0.15, -0.1) is 0 Å². The monoisotopic (exact) mass is 468 g/mol. The van der Waals surface area contributed by atoms with Gasteiger partial charge in [0.15, 0.2) is 11.0 Å². The van der Waals surface area contributed by atoms with Crippen LogP contribution in [0, 0.1) is 5.82 Å². The van der Waals surface area contributed by atoms with Gasteiger partial charge < -0.3 is 15.0 Å². The molecule has 3 fully saturated rings. The highest BCUT2D eigenvalue weighted by molar-refractivity contribution is 6.30. The third-order valence-corrected chi connectivity index (χ3v) is 7.70. The summed E-state index contributed by atoms with van der Waals surface area (Å²) >= 11 is 5.93. The maximum absolute atomic E-state index is 15.2. The van der Waals surface area contributed by atoms with E-state index < -0.39 is 35.0 Å². The van der Waals surface area contributed by atoms with Crippen LogP contribution in [-0.2, 0) is 5.92 Å². The Kier molecular flexibility index (Phi) is 4.71. The van der Waals surface area contributed by atoms with E-state index in [9.17, 15) is 0 Å². The highest BCUT2D eigenvalue weighted by Gasteiger charge is 2.47. The number of hydrogen-bond acceptors (Lipinski definition) is 7. The zero-order valence-corrected chi connectivity index (χ0v) is 18.3. The molecule has 0 amide bonds. The maximum atomic E-state index is 15.2. The van der Waals surface area contributed by atoms with Gasteiger partial charge in [-0.1, -0.05) is 11.6 Å². The molecule has 172 valence electrons. The molecular formula is C21H24ClF3N6O. The summed E-state index contributed by atoms with van der Waals surface area (Å²) in [4.78, 5) is 16.8. The number of nitrogens with zero attached hydrogens (tertiary/aromatic N) is 5. The van der Waals surface area contributed by atoms with Crippen molar-refractivity contribution in [3.05, 3.63) is 16.7 Å². The van der Waals surface area contributed by atoms with Crippen molar-refractivity contribution in [1.29, 1.82) is 0 Å². The number of fused-ring (bicyclic) bond motifs is 3. The number of aromatic nitrogens is 3. The Hall–Kier alpha value is -1.91. The molecule has 1 atom stereocenters. The molecule has 6 rings (SSSR count). The van der Waals surface area contributed by atoms with Crippen molar-refractivity contribution in [2.24, 2.45) is 0 Å². The predicted octanol–water partition coefficient (Wildman–Crippen LogP) is 3.10. The molecule has 0 spiro atoms. The van der Waals surface area contributed by atoms with E-state index in [0.29, 0.717) is 26.2 Å². The first-order valence-electron chi connectivity index (χ1n) is 11.2. The van der Waals surface area contributed by atoms with Crippen LogP contribution in [0.5, 0.6) is 6.01 Å². The van der Waals surface area contributed by atoms with Gasteiger partial charge in [-0.2, -0.15) is 18.7 Å². The number of halogens is 4. The van der Waals surface area contributed by atoms with E-state index in [1.165, 1.54) is 0 Å². The summed E-state index contributed by atoms with van der Waals surface area (Å²) in [5.74, 6) is -3.97. The van der Waals surface area contributed by atoms with E-state index in [0.717, 1.165) is 38.8 Å². The van der Waals surface area contributed by atoms with Gasteiger partial charge in [0.25, 0.3) is 5.92 Å². The summed E-state index contributed by atoms with van der Waals surface area (Å²) < 4.78 is 51.5.